The second-order valence-electron chi connectivity index (χ2n) is 4.64. The molecule has 1 saturated heterocycles. The van der Waals surface area contributed by atoms with Crippen LogP contribution in [0, 0.1) is 11.8 Å². The molecule has 0 aliphatic carbocycles. The van der Waals surface area contributed by atoms with Crippen molar-refractivity contribution in [3.05, 3.63) is 0 Å². The van der Waals surface area contributed by atoms with Gasteiger partial charge in [0.2, 0.25) is 0 Å². The smallest absolute Gasteiger partial charge is 0.0431 e. The molecule has 0 radical (unpaired) electrons. The molecule has 1 rings (SSSR count). The molecule has 1 aliphatic rings. The summed E-state index contributed by atoms with van der Waals surface area (Å²) in [7, 11) is 0. The van der Waals surface area contributed by atoms with Gasteiger partial charge in [0.1, 0.15) is 0 Å². The average molecular weight is 185 g/mol. The Hall–Kier alpha value is -0.0800. The monoisotopic (exact) mass is 185 g/mol. The van der Waals surface area contributed by atoms with Gasteiger partial charge in [-0.25, -0.2) is 0 Å². The fourth-order valence-electron chi connectivity index (χ4n) is 2.42. The quantitative estimate of drug-likeness (QED) is 0.674. The van der Waals surface area contributed by atoms with Gasteiger partial charge in [0, 0.05) is 19.7 Å². The van der Waals surface area contributed by atoms with Crippen molar-refractivity contribution < 1.29 is 5.11 Å². The van der Waals surface area contributed by atoms with E-state index in [9.17, 15) is 0 Å². The first-order valence-corrected chi connectivity index (χ1v) is 5.55. The maximum absolute atomic E-state index is 8.68. The number of likely N-dealkylation sites (tertiary alicyclic amines) is 1. The summed E-state index contributed by atoms with van der Waals surface area (Å²) < 4.78 is 0. The van der Waals surface area contributed by atoms with E-state index in [1.807, 2.05) is 0 Å². The molecule has 1 heterocycles. The Kier molecular flexibility index (Phi) is 4.74. The molecule has 0 saturated carbocycles. The average Bonchev–Trinajstić information content (AvgIpc) is 2.03. The van der Waals surface area contributed by atoms with Gasteiger partial charge in [0.25, 0.3) is 0 Å². The van der Waals surface area contributed by atoms with Gasteiger partial charge in [-0.05, 0) is 37.6 Å². The predicted octanol–water partition coefficient (Wildman–Crippen LogP) is 1.74. The topological polar surface area (TPSA) is 23.5 Å². The Morgan fingerprint density at radius 3 is 2.31 bits per heavy atom. The summed E-state index contributed by atoms with van der Waals surface area (Å²) in [6, 6.07) is 0. The van der Waals surface area contributed by atoms with E-state index in [2.05, 4.69) is 18.7 Å². The lowest BCUT2D eigenvalue weighted by molar-refractivity contribution is 0.136. The number of hydrogen-bond donors (Lipinski definition) is 1. The Morgan fingerprint density at radius 2 is 1.77 bits per heavy atom. The second kappa shape index (κ2) is 5.61. The van der Waals surface area contributed by atoms with Crippen LogP contribution in [0.2, 0.25) is 0 Å². The normalized spacial score (nSPS) is 30.7. The predicted molar refractivity (Wildman–Crippen MR) is 55.7 cm³/mol. The molecule has 0 unspecified atom stereocenters. The van der Waals surface area contributed by atoms with Crippen molar-refractivity contribution >= 4 is 0 Å². The van der Waals surface area contributed by atoms with Gasteiger partial charge in [-0.15, -0.1) is 0 Å². The molecule has 0 aromatic heterocycles. The highest BCUT2D eigenvalue weighted by Gasteiger charge is 2.20. The Balaban J connectivity index is 2.17. The largest absolute Gasteiger partial charge is 0.396 e. The van der Waals surface area contributed by atoms with Crippen LogP contribution in [0.25, 0.3) is 0 Å². The fourth-order valence-corrected chi connectivity index (χ4v) is 2.42. The number of unbranched alkanes of at least 4 members (excludes halogenated alkanes) is 1. The summed E-state index contributed by atoms with van der Waals surface area (Å²) in [6.07, 6.45) is 3.49. The molecule has 0 spiro atoms. The second-order valence-corrected chi connectivity index (χ2v) is 4.64. The zero-order chi connectivity index (χ0) is 9.68. The highest BCUT2D eigenvalue weighted by molar-refractivity contribution is 4.74. The number of hydrogen-bond acceptors (Lipinski definition) is 2. The molecule has 0 aromatic carbocycles. The molecule has 2 heteroatoms. The van der Waals surface area contributed by atoms with Crippen molar-refractivity contribution in [3.8, 4) is 0 Å². The van der Waals surface area contributed by atoms with Crippen LogP contribution in [0.1, 0.15) is 33.1 Å². The highest BCUT2D eigenvalue weighted by Crippen LogP contribution is 2.20. The summed E-state index contributed by atoms with van der Waals surface area (Å²) in [4.78, 5) is 2.55. The minimum atomic E-state index is 0.346. The van der Waals surface area contributed by atoms with Crippen LogP contribution in [0.15, 0.2) is 0 Å². The summed E-state index contributed by atoms with van der Waals surface area (Å²) in [5.74, 6) is 1.72. The van der Waals surface area contributed by atoms with E-state index in [-0.39, 0.29) is 0 Å². The standard InChI is InChI=1S/C11H23NO/c1-10-7-11(2)9-12(8-10)5-3-4-6-13/h10-11,13H,3-9H2,1-2H3/t10-,11-/m0/s1. The molecule has 2 nitrogen and oxygen atoms in total. The van der Waals surface area contributed by atoms with Crippen molar-refractivity contribution in [2.45, 2.75) is 33.1 Å². The van der Waals surface area contributed by atoms with Crippen LogP contribution in [0.3, 0.4) is 0 Å². The number of aliphatic hydroxyl groups excluding tert-OH is 1. The molecule has 78 valence electrons. The van der Waals surface area contributed by atoms with Crippen LogP contribution in [0.5, 0.6) is 0 Å². The first-order valence-electron chi connectivity index (χ1n) is 5.55. The van der Waals surface area contributed by atoms with Gasteiger partial charge in [-0.3, -0.25) is 0 Å². The summed E-state index contributed by atoms with van der Waals surface area (Å²) in [5, 5.41) is 8.68. The van der Waals surface area contributed by atoms with Gasteiger partial charge in [-0.1, -0.05) is 13.8 Å². The zero-order valence-electron chi connectivity index (χ0n) is 9.00. The molecule has 0 aromatic rings. The molecule has 0 amide bonds. The van der Waals surface area contributed by atoms with Crippen LogP contribution < -0.4 is 0 Å². The summed E-state index contributed by atoms with van der Waals surface area (Å²) in [5.41, 5.74) is 0. The lowest BCUT2D eigenvalue weighted by Gasteiger charge is -2.34. The molecule has 2 atom stereocenters. The van der Waals surface area contributed by atoms with E-state index in [4.69, 9.17) is 5.11 Å². The lowest BCUT2D eigenvalue weighted by atomic mass is 9.92. The fraction of sp³-hybridized carbons (Fsp3) is 1.00. The van der Waals surface area contributed by atoms with E-state index in [0.29, 0.717) is 6.61 Å². The number of rotatable bonds is 4. The molecule has 1 aliphatic heterocycles. The molecule has 13 heavy (non-hydrogen) atoms. The Morgan fingerprint density at radius 1 is 1.15 bits per heavy atom. The van der Waals surface area contributed by atoms with E-state index in [1.165, 1.54) is 26.1 Å². The van der Waals surface area contributed by atoms with E-state index in [1.54, 1.807) is 0 Å². The zero-order valence-corrected chi connectivity index (χ0v) is 9.00. The maximum atomic E-state index is 8.68. The van der Waals surface area contributed by atoms with Crippen LogP contribution in [0.4, 0.5) is 0 Å². The number of nitrogens with zero attached hydrogens (tertiary/aromatic N) is 1. The molecule has 1 N–H and O–H groups in total. The number of piperidine rings is 1. The third-order valence-electron chi connectivity index (χ3n) is 2.83. The first kappa shape index (κ1) is 11.0. The van der Waals surface area contributed by atoms with E-state index < -0.39 is 0 Å². The van der Waals surface area contributed by atoms with Crippen LogP contribution >= 0.6 is 0 Å². The van der Waals surface area contributed by atoms with E-state index in [0.717, 1.165) is 24.7 Å². The van der Waals surface area contributed by atoms with Crippen LogP contribution in [-0.2, 0) is 0 Å². The van der Waals surface area contributed by atoms with E-state index >= 15 is 0 Å². The first-order chi connectivity index (χ1) is 6.22. The SMILES string of the molecule is C[C@H]1C[C@H](C)CN(CCCCO)C1. The van der Waals surface area contributed by atoms with Crippen molar-refractivity contribution in [2.24, 2.45) is 11.8 Å². The minimum Gasteiger partial charge on any atom is -0.396 e. The van der Waals surface area contributed by atoms with Gasteiger partial charge in [0.15, 0.2) is 0 Å². The van der Waals surface area contributed by atoms with Gasteiger partial charge in [-0.2, -0.15) is 0 Å². The third-order valence-corrected chi connectivity index (χ3v) is 2.83. The summed E-state index contributed by atoms with van der Waals surface area (Å²) in [6.45, 7) is 8.73. The molecular weight excluding hydrogens is 162 g/mol. The van der Waals surface area contributed by atoms with Crippen LogP contribution in [-0.4, -0.2) is 36.2 Å². The Labute approximate surface area is 81.9 Å². The Bertz CT molecular complexity index is 128. The molecule has 1 fully saturated rings. The number of aliphatic hydroxyl groups is 1. The summed E-state index contributed by atoms with van der Waals surface area (Å²) >= 11 is 0. The maximum Gasteiger partial charge on any atom is 0.0431 e. The van der Waals surface area contributed by atoms with Gasteiger partial charge >= 0.3 is 0 Å². The molecular formula is C11H23NO. The minimum absolute atomic E-state index is 0.346. The molecule has 0 bridgehead atoms. The van der Waals surface area contributed by atoms with Crippen molar-refractivity contribution in [1.29, 1.82) is 0 Å². The van der Waals surface area contributed by atoms with Gasteiger partial charge < -0.3 is 10.0 Å². The lowest BCUT2D eigenvalue weighted by Crippen LogP contribution is -2.39. The highest BCUT2D eigenvalue weighted by atomic mass is 16.2. The third kappa shape index (κ3) is 4.10. The van der Waals surface area contributed by atoms with Gasteiger partial charge in [0.05, 0.1) is 0 Å². The van der Waals surface area contributed by atoms with Crippen molar-refractivity contribution in [1.82, 2.24) is 4.90 Å². The van der Waals surface area contributed by atoms with Crippen molar-refractivity contribution in [2.75, 3.05) is 26.2 Å². The van der Waals surface area contributed by atoms with Crippen molar-refractivity contribution in [3.63, 3.8) is 0 Å².